The fourth-order valence-electron chi connectivity index (χ4n) is 3.71. The quantitative estimate of drug-likeness (QED) is 0.0945. The Bertz CT molecular complexity index is 1270. The van der Waals surface area contributed by atoms with Gasteiger partial charge in [0.25, 0.3) is 0 Å². The summed E-state index contributed by atoms with van der Waals surface area (Å²) in [5.74, 6) is -1.70. The van der Waals surface area contributed by atoms with Crippen molar-refractivity contribution in [2.45, 2.75) is 17.9 Å². The van der Waals surface area contributed by atoms with Gasteiger partial charge in [-0.2, -0.15) is 4.72 Å². The van der Waals surface area contributed by atoms with Crippen molar-refractivity contribution in [3.05, 3.63) is 60.2 Å². The van der Waals surface area contributed by atoms with Crippen LogP contribution >= 0.6 is 0 Å². The molecule has 1 saturated heterocycles. The minimum Gasteiger partial charge on any atom is -0.465 e. The topological polar surface area (TPSA) is 184 Å². The van der Waals surface area contributed by atoms with E-state index >= 15 is 0 Å². The first-order chi connectivity index (χ1) is 18.1. The van der Waals surface area contributed by atoms with Crippen LogP contribution in [0.25, 0.3) is 0 Å². The third kappa shape index (κ3) is 7.43. The fraction of sp³-hybridized carbons (Fsp3) is 0.333. The molecule has 204 valence electrons. The predicted molar refractivity (Wildman–Crippen MR) is 138 cm³/mol. The normalized spacial score (nSPS) is 15.2. The highest BCUT2D eigenvalue weighted by atomic mass is 32.2. The van der Waals surface area contributed by atoms with Crippen molar-refractivity contribution < 1.29 is 32.7 Å². The monoisotopic (exact) mass is 546 g/mol. The number of sulfonamides is 1. The van der Waals surface area contributed by atoms with Crippen LogP contribution in [0.15, 0.2) is 64.6 Å². The van der Waals surface area contributed by atoms with Crippen molar-refractivity contribution in [1.82, 2.24) is 14.9 Å². The Labute approximate surface area is 220 Å². The van der Waals surface area contributed by atoms with Crippen LogP contribution in [0.2, 0.25) is 0 Å². The zero-order valence-electron chi connectivity index (χ0n) is 20.7. The summed E-state index contributed by atoms with van der Waals surface area (Å²) in [5.41, 5.74) is 6.87. The molecule has 2 aromatic carbocycles. The Morgan fingerprint density at radius 1 is 1.13 bits per heavy atom. The van der Waals surface area contributed by atoms with E-state index in [0.29, 0.717) is 12.1 Å². The number of piperazine rings is 1. The molecule has 14 heteroatoms. The molecule has 13 nitrogen and oxygen atoms in total. The Balaban J connectivity index is 1.55. The van der Waals surface area contributed by atoms with Crippen molar-refractivity contribution in [2.24, 2.45) is 10.9 Å². The van der Waals surface area contributed by atoms with Gasteiger partial charge in [0.2, 0.25) is 21.8 Å². The standard InChI is InChI=1S/C24H30N6O7S/c1-2-37-24(33)20(28-38(35,36)19-6-4-3-5-7-19)14-26-21(31)15-30-13-12-29(16-22(30)32)18-10-8-17(9-11-18)23(25)27-34/h3-11,20,28,34H,2,12-16H2,1H3,(H2,25,27)(H,26,31)/t20-/m0/s1. The molecule has 0 radical (unpaired) electrons. The van der Waals surface area contributed by atoms with Gasteiger partial charge in [-0.05, 0) is 43.3 Å². The van der Waals surface area contributed by atoms with Crippen LogP contribution in [0.4, 0.5) is 5.69 Å². The van der Waals surface area contributed by atoms with E-state index in [9.17, 15) is 22.8 Å². The molecular formula is C24H30N6O7S. The molecule has 0 spiro atoms. The van der Waals surface area contributed by atoms with Crippen molar-refractivity contribution in [2.75, 3.05) is 44.2 Å². The van der Waals surface area contributed by atoms with Gasteiger partial charge in [0.1, 0.15) is 6.04 Å². The second-order valence-electron chi connectivity index (χ2n) is 8.31. The molecule has 0 saturated carbocycles. The lowest BCUT2D eigenvalue weighted by Gasteiger charge is -2.35. The number of carbonyl (C=O) groups is 3. The molecule has 3 rings (SSSR count). The average molecular weight is 547 g/mol. The molecule has 1 atom stereocenters. The van der Waals surface area contributed by atoms with Gasteiger partial charge in [0.15, 0.2) is 5.84 Å². The number of rotatable bonds is 11. The van der Waals surface area contributed by atoms with Gasteiger partial charge in [0, 0.05) is 30.9 Å². The fourth-order valence-corrected chi connectivity index (χ4v) is 4.92. The first kappa shape index (κ1) is 28.4. The SMILES string of the molecule is CCOC(=O)[C@H](CNC(=O)CN1CCN(c2ccc(C(N)=NO)cc2)CC1=O)NS(=O)(=O)c1ccccc1. The molecule has 1 heterocycles. The second-order valence-corrected chi connectivity index (χ2v) is 10.0. The zero-order chi connectivity index (χ0) is 27.7. The molecule has 1 fully saturated rings. The summed E-state index contributed by atoms with van der Waals surface area (Å²) < 4.78 is 32.5. The van der Waals surface area contributed by atoms with Crippen molar-refractivity contribution in [3.63, 3.8) is 0 Å². The number of anilines is 1. The number of nitrogens with two attached hydrogens (primary N) is 1. The minimum absolute atomic E-state index is 0.0264. The summed E-state index contributed by atoms with van der Waals surface area (Å²) in [4.78, 5) is 40.8. The number of nitrogens with zero attached hydrogens (tertiary/aromatic N) is 3. The number of oxime groups is 1. The number of hydrogen-bond donors (Lipinski definition) is 4. The zero-order valence-corrected chi connectivity index (χ0v) is 21.6. The van der Waals surface area contributed by atoms with Crippen LogP contribution in [-0.4, -0.2) is 87.5 Å². The van der Waals surface area contributed by atoms with Crippen LogP contribution < -0.4 is 20.7 Å². The molecule has 2 amide bonds. The Kier molecular flexibility index (Phi) is 9.62. The highest BCUT2D eigenvalue weighted by Crippen LogP contribution is 2.18. The first-order valence-corrected chi connectivity index (χ1v) is 13.2. The Hall–Kier alpha value is -4.17. The number of benzene rings is 2. The maximum absolute atomic E-state index is 12.7. The van der Waals surface area contributed by atoms with Gasteiger partial charge in [0.05, 0.1) is 24.6 Å². The van der Waals surface area contributed by atoms with Gasteiger partial charge < -0.3 is 30.8 Å². The third-order valence-electron chi connectivity index (χ3n) is 5.71. The highest BCUT2D eigenvalue weighted by molar-refractivity contribution is 7.89. The summed E-state index contributed by atoms with van der Waals surface area (Å²) in [7, 11) is -4.05. The van der Waals surface area contributed by atoms with Crippen molar-refractivity contribution in [3.8, 4) is 0 Å². The first-order valence-electron chi connectivity index (χ1n) is 11.8. The largest absolute Gasteiger partial charge is 0.465 e. The molecule has 1 aliphatic heterocycles. The number of amidine groups is 1. The summed E-state index contributed by atoms with van der Waals surface area (Å²) in [6.45, 7) is 1.78. The number of hydrogen-bond acceptors (Lipinski definition) is 9. The van der Waals surface area contributed by atoms with Crippen LogP contribution in [-0.2, 0) is 29.1 Å². The maximum Gasteiger partial charge on any atom is 0.326 e. The van der Waals surface area contributed by atoms with E-state index in [-0.39, 0.29) is 49.4 Å². The Morgan fingerprint density at radius 2 is 1.82 bits per heavy atom. The lowest BCUT2D eigenvalue weighted by atomic mass is 10.1. The van der Waals surface area contributed by atoms with Crippen molar-refractivity contribution in [1.29, 1.82) is 0 Å². The molecular weight excluding hydrogens is 516 g/mol. The number of ether oxygens (including phenoxy) is 1. The lowest BCUT2D eigenvalue weighted by Crippen LogP contribution is -2.54. The van der Waals surface area contributed by atoms with Crippen molar-refractivity contribution >= 4 is 39.3 Å². The van der Waals surface area contributed by atoms with E-state index in [0.717, 1.165) is 5.69 Å². The number of esters is 1. The van der Waals surface area contributed by atoms with Crippen LogP contribution in [0.1, 0.15) is 12.5 Å². The number of nitrogens with one attached hydrogen (secondary N) is 2. The molecule has 0 aromatic heterocycles. The minimum atomic E-state index is -4.05. The van der Waals surface area contributed by atoms with Gasteiger partial charge in [-0.25, -0.2) is 8.42 Å². The van der Waals surface area contributed by atoms with Gasteiger partial charge in [-0.1, -0.05) is 23.4 Å². The molecule has 1 aliphatic rings. The van der Waals surface area contributed by atoms with E-state index in [1.54, 1.807) is 49.4 Å². The van der Waals surface area contributed by atoms with Crippen LogP contribution in [0.5, 0.6) is 0 Å². The molecule has 2 aromatic rings. The van der Waals surface area contributed by atoms with E-state index in [1.165, 1.54) is 17.0 Å². The molecule has 0 bridgehead atoms. The molecule has 5 N–H and O–H groups in total. The third-order valence-corrected chi connectivity index (χ3v) is 7.20. The van der Waals surface area contributed by atoms with E-state index < -0.39 is 27.9 Å². The molecule has 0 aliphatic carbocycles. The number of amides is 2. The summed E-state index contributed by atoms with van der Waals surface area (Å²) in [6.07, 6.45) is 0. The molecule has 38 heavy (non-hydrogen) atoms. The van der Waals surface area contributed by atoms with Crippen LogP contribution in [0, 0.1) is 0 Å². The van der Waals surface area contributed by atoms with Gasteiger partial charge >= 0.3 is 5.97 Å². The van der Waals surface area contributed by atoms with E-state index in [4.69, 9.17) is 15.7 Å². The summed E-state index contributed by atoms with van der Waals surface area (Å²) >= 11 is 0. The van der Waals surface area contributed by atoms with Gasteiger partial charge in [-0.15, -0.1) is 0 Å². The van der Waals surface area contributed by atoms with Crippen LogP contribution in [0.3, 0.4) is 0 Å². The molecule has 0 unspecified atom stereocenters. The van der Waals surface area contributed by atoms with Gasteiger partial charge in [-0.3, -0.25) is 14.4 Å². The lowest BCUT2D eigenvalue weighted by molar-refractivity contribution is -0.145. The maximum atomic E-state index is 12.7. The van der Waals surface area contributed by atoms with E-state index in [1.807, 2.05) is 4.90 Å². The number of carbonyl (C=O) groups excluding carboxylic acids is 3. The van der Waals surface area contributed by atoms with E-state index in [2.05, 4.69) is 15.2 Å². The average Bonchev–Trinajstić information content (AvgIpc) is 2.92. The smallest absolute Gasteiger partial charge is 0.326 e. The summed E-state index contributed by atoms with van der Waals surface area (Å²) in [5, 5.41) is 14.2. The highest BCUT2D eigenvalue weighted by Gasteiger charge is 2.29. The predicted octanol–water partition coefficient (Wildman–Crippen LogP) is -0.544. The summed E-state index contributed by atoms with van der Waals surface area (Å²) in [6, 6.07) is 13.0. The second kappa shape index (κ2) is 12.9. The Morgan fingerprint density at radius 3 is 2.42 bits per heavy atom.